The van der Waals surface area contributed by atoms with Gasteiger partial charge in [0.15, 0.2) is 11.6 Å². The van der Waals surface area contributed by atoms with Gasteiger partial charge in [0.1, 0.15) is 12.4 Å². The molecule has 0 bridgehead atoms. The number of pyridine rings is 1. The molecule has 0 aliphatic rings. The van der Waals surface area contributed by atoms with E-state index in [0.29, 0.717) is 13.2 Å². The average molecular weight is 325 g/mol. The Morgan fingerprint density at radius 1 is 1.26 bits per heavy atom. The summed E-state index contributed by atoms with van der Waals surface area (Å²) in [7, 11) is 1.92. The predicted molar refractivity (Wildman–Crippen MR) is 77.1 cm³/mol. The van der Waals surface area contributed by atoms with Crippen LogP contribution in [0.3, 0.4) is 0 Å². The Hall–Kier alpha value is -1.62. The van der Waals surface area contributed by atoms with Crippen molar-refractivity contribution in [2.24, 2.45) is 0 Å². The average Bonchev–Trinajstić information content (AvgIpc) is 2.41. The SMILES string of the molecule is CN(CCOc1ccccc1F)c1ccc(Br)cn1. The highest BCUT2D eigenvalue weighted by molar-refractivity contribution is 9.10. The lowest BCUT2D eigenvalue weighted by Gasteiger charge is -2.18. The maximum atomic E-state index is 13.3. The highest BCUT2D eigenvalue weighted by Crippen LogP contribution is 2.16. The Morgan fingerprint density at radius 2 is 2.05 bits per heavy atom. The summed E-state index contributed by atoms with van der Waals surface area (Å²) in [4.78, 5) is 6.22. The molecule has 3 nitrogen and oxygen atoms in total. The van der Waals surface area contributed by atoms with Crippen molar-refractivity contribution in [3.05, 3.63) is 52.9 Å². The molecule has 0 aliphatic heterocycles. The summed E-state index contributed by atoms with van der Waals surface area (Å²) in [5.74, 6) is 0.784. The highest BCUT2D eigenvalue weighted by atomic mass is 79.9. The lowest BCUT2D eigenvalue weighted by Crippen LogP contribution is -2.24. The van der Waals surface area contributed by atoms with Gasteiger partial charge in [-0.1, -0.05) is 12.1 Å². The van der Waals surface area contributed by atoms with Gasteiger partial charge in [-0.15, -0.1) is 0 Å². The van der Waals surface area contributed by atoms with E-state index in [2.05, 4.69) is 20.9 Å². The molecule has 1 aromatic heterocycles. The normalized spacial score (nSPS) is 10.3. The zero-order chi connectivity index (χ0) is 13.7. The standard InChI is InChI=1S/C14H14BrFN2O/c1-18(14-7-6-11(15)10-17-14)8-9-19-13-5-3-2-4-12(13)16/h2-7,10H,8-9H2,1H3. The van der Waals surface area contributed by atoms with Crippen LogP contribution in [-0.2, 0) is 0 Å². The Morgan fingerprint density at radius 3 is 2.74 bits per heavy atom. The Kier molecular flexibility index (Phi) is 4.74. The van der Waals surface area contributed by atoms with E-state index in [1.807, 2.05) is 24.1 Å². The van der Waals surface area contributed by atoms with E-state index in [1.54, 1.807) is 24.4 Å². The molecule has 0 spiro atoms. The third-order valence-corrected chi connectivity index (χ3v) is 3.09. The van der Waals surface area contributed by atoms with E-state index in [0.717, 1.165) is 10.3 Å². The van der Waals surface area contributed by atoms with Crippen molar-refractivity contribution in [1.29, 1.82) is 0 Å². The fraction of sp³-hybridized carbons (Fsp3) is 0.214. The third-order valence-electron chi connectivity index (χ3n) is 2.62. The number of likely N-dealkylation sites (N-methyl/N-ethyl adjacent to an activating group) is 1. The molecule has 19 heavy (non-hydrogen) atoms. The molecular weight excluding hydrogens is 311 g/mol. The molecule has 5 heteroatoms. The van der Waals surface area contributed by atoms with E-state index < -0.39 is 0 Å². The van der Waals surface area contributed by atoms with Crippen LogP contribution in [0.4, 0.5) is 10.2 Å². The molecular formula is C14H14BrFN2O. The number of hydrogen-bond donors (Lipinski definition) is 0. The summed E-state index contributed by atoms with van der Waals surface area (Å²) >= 11 is 3.34. The van der Waals surface area contributed by atoms with Crippen LogP contribution < -0.4 is 9.64 Å². The van der Waals surface area contributed by atoms with Gasteiger partial charge in [0.05, 0.1) is 6.54 Å². The van der Waals surface area contributed by atoms with Crippen LogP contribution >= 0.6 is 15.9 Å². The van der Waals surface area contributed by atoms with E-state index in [9.17, 15) is 4.39 Å². The summed E-state index contributed by atoms with van der Waals surface area (Å²) in [6.07, 6.45) is 1.74. The molecule has 2 rings (SSSR count). The van der Waals surface area contributed by atoms with E-state index >= 15 is 0 Å². The second-order valence-electron chi connectivity index (χ2n) is 4.04. The molecule has 0 unspecified atom stereocenters. The zero-order valence-corrected chi connectivity index (χ0v) is 12.1. The number of halogens is 2. The number of hydrogen-bond acceptors (Lipinski definition) is 3. The van der Waals surface area contributed by atoms with Crippen LogP contribution in [0.5, 0.6) is 5.75 Å². The maximum Gasteiger partial charge on any atom is 0.165 e. The minimum atomic E-state index is -0.341. The van der Waals surface area contributed by atoms with Gasteiger partial charge in [0.2, 0.25) is 0 Å². The van der Waals surface area contributed by atoms with E-state index in [1.165, 1.54) is 6.07 Å². The van der Waals surface area contributed by atoms with Gasteiger partial charge in [0, 0.05) is 17.7 Å². The molecule has 0 fully saturated rings. The Labute approximate surface area is 120 Å². The number of rotatable bonds is 5. The van der Waals surface area contributed by atoms with Crippen molar-refractivity contribution in [3.63, 3.8) is 0 Å². The van der Waals surface area contributed by atoms with Crippen molar-refractivity contribution in [1.82, 2.24) is 4.98 Å². The van der Waals surface area contributed by atoms with Gasteiger partial charge in [-0.2, -0.15) is 0 Å². The summed E-state index contributed by atoms with van der Waals surface area (Å²) in [5.41, 5.74) is 0. The monoisotopic (exact) mass is 324 g/mol. The fourth-order valence-electron chi connectivity index (χ4n) is 1.56. The fourth-order valence-corrected chi connectivity index (χ4v) is 1.80. The van der Waals surface area contributed by atoms with Gasteiger partial charge in [-0.05, 0) is 40.2 Å². The van der Waals surface area contributed by atoms with Crippen LogP contribution in [0.1, 0.15) is 0 Å². The first-order chi connectivity index (χ1) is 9.16. The Bertz CT molecular complexity index is 533. The van der Waals surface area contributed by atoms with Crippen molar-refractivity contribution < 1.29 is 9.13 Å². The molecule has 0 amide bonds. The number of benzene rings is 1. The largest absolute Gasteiger partial charge is 0.489 e. The van der Waals surface area contributed by atoms with Gasteiger partial charge < -0.3 is 9.64 Å². The van der Waals surface area contributed by atoms with Crippen molar-refractivity contribution >= 4 is 21.7 Å². The molecule has 2 aromatic rings. The minimum Gasteiger partial charge on any atom is -0.489 e. The van der Waals surface area contributed by atoms with Crippen LogP contribution in [-0.4, -0.2) is 25.2 Å². The highest BCUT2D eigenvalue weighted by Gasteiger charge is 2.04. The molecule has 0 saturated heterocycles. The summed E-state index contributed by atoms with van der Waals surface area (Å²) in [6.45, 7) is 1.03. The van der Waals surface area contributed by atoms with Gasteiger partial charge in [-0.3, -0.25) is 0 Å². The van der Waals surface area contributed by atoms with Crippen LogP contribution in [0.15, 0.2) is 47.1 Å². The number of para-hydroxylation sites is 1. The topological polar surface area (TPSA) is 25.4 Å². The van der Waals surface area contributed by atoms with E-state index in [4.69, 9.17) is 4.74 Å². The van der Waals surface area contributed by atoms with Crippen molar-refractivity contribution in [3.8, 4) is 5.75 Å². The number of ether oxygens (including phenoxy) is 1. The van der Waals surface area contributed by atoms with Gasteiger partial charge in [0.25, 0.3) is 0 Å². The number of anilines is 1. The van der Waals surface area contributed by atoms with Gasteiger partial charge >= 0.3 is 0 Å². The minimum absolute atomic E-state index is 0.277. The van der Waals surface area contributed by atoms with Crippen LogP contribution in [0.25, 0.3) is 0 Å². The lowest BCUT2D eigenvalue weighted by molar-refractivity contribution is 0.309. The second-order valence-corrected chi connectivity index (χ2v) is 4.95. The van der Waals surface area contributed by atoms with Crippen LogP contribution in [0.2, 0.25) is 0 Å². The quantitative estimate of drug-likeness (QED) is 0.841. The first-order valence-corrected chi connectivity index (χ1v) is 6.66. The first-order valence-electron chi connectivity index (χ1n) is 5.87. The van der Waals surface area contributed by atoms with Gasteiger partial charge in [-0.25, -0.2) is 9.37 Å². The number of aromatic nitrogens is 1. The second kappa shape index (κ2) is 6.52. The molecule has 0 N–H and O–H groups in total. The van der Waals surface area contributed by atoms with E-state index in [-0.39, 0.29) is 11.6 Å². The molecule has 0 atom stereocenters. The molecule has 1 aromatic carbocycles. The van der Waals surface area contributed by atoms with Crippen molar-refractivity contribution in [2.45, 2.75) is 0 Å². The lowest BCUT2D eigenvalue weighted by atomic mass is 10.3. The zero-order valence-electron chi connectivity index (χ0n) is 10.5. The van der Waals surface area contributed by atoms with Crippen molar-refractivity contribution in [2.75, 3.05) is 25.1 Å². The predicted octanol–water partition coefficient (Wildman–Crippen LogP) is 3.50. The maximum absolute atomic E-state index is 13.3. The molecule has 100 valence electrons. The number of nitrogens with zero attached hydrogens (tertiary/aromatic N) is 2. The summed E-state index contributed by atoms with van der Waals surface area (Å²) in [5, 5.41) is 0. The summed E-state index contributed by atoms with van der Waals surface area (Å²) in [6, 6.07) is 10.2. The molecule has 0 saturated carbocycles. The molecule has 0 aliphatic carbocycles. The molecule has 0 radical (unpaired) electrons. The molecule has 1 heterocycles. The Balaban J connectivity index is 1.86. The summed E-state index contributed by atoms with van der Waals surface area (Å²) < 4.78 is 19.7. The third kappa shape index (κ3) is 3.92. The van der Waals surface area contributed by atoms with Crippen LogP contribution in [0, 0.1) is 5.82 Å². The smallest absolute Gasteiger partial charge is 0.165 e. The first kappa shape index (κ1) is 13.8.